The summed E-state index contributed by atoms with van der Waals surface area (Å²) in [5.74, 6) is 0.0507. The van der Waals surface area contributed by atoms with Crippen LogP contribution in [0, 0.1) is 0 Å². The summed E-state index contributed by atoms with van der Waals surface area (Å²) >= 11 is 0. The van der Waals surface area contributed by atoms with E-state index in [1.54, 1.807) is 39.6 Å². The van der Waals surface area contributed by atoms with Crippen LogP contribution in [-0.2, 0) is 7.05 Å². The lowest BCUT2D eigenvalue weighted by molar-refractivity contribution is 0.0816. The second-order valence-corrected chi connectivity index (χ2v) is 7.35. The first-order chi connectivity index (χ1) is 14.4. The maximum atomic E-state index is 13.1. The van der Waals surface area contributed by atoms with E-state index in [4.69, 9.17) is 0 Å². The number of rotatable bonds is 6. The van der Waals surface area contributed by atoms with Gasteiger partial charge in [0.15, 0.2) is 11.5 Å². The van der Waals surface area contributed by atoms with Crippen molar-refractivity contribution >= 4 is 29.0 Å². The van der Waals surface area contributed by atoms with Crippen LogP contribution in [0.2, 0.25) is 0 Å². The molecular weight excluding hydrogens is 384 g/mol. The molecule has 3 aromatic rings. The third kappa shape index (κ3) is 4.12. The van der Waals surface area contributed by atoms with Gasteiger partial charge in [-0.15, -0.1) is 0 Å². The lowest BCUT2D eigenvalue weighted by atomic mass is 10.2. The smallest absolute Gasteiger partial charge is 0.277 e. The van der Waals surface area contributed by atoms with Crippen molar-refractivity contribution in [3.8, 4) is 0 Å². The Bertz CT molecular complexity index is 1090. The molecule has 0 radical (unpaired) electrons. The van der Waals surface area contributed by atoms with E-state index in [1.807, 2.05) is 12.1 Å². The molecule has 10 heteroatoms. The summed E-state index contributed by atoms with van der Waals surface area (Å²) in [6.45, 7) is 0. The lowest BCUT2D eigenvalue weighted by Gasteiger charge is -2.12. The molecule has 4 rings (SSSR count). The fourth-order valence-corrected chi connectivity index (χ4v) is 3.01. The van der Waals surface area contributed by atoms with Crippen molar-refractivity contribution in [3.63, 3.8) is 0 Å². The van der Waals surface area contributed by atoms with E-state index in [0.717, 1.165) is 18.5 Å². The van der Waals surface area contributed by atoms with Gasteiger partial charge in [-0.2, -0.15) is 5.10 Å². The van der Waals surface area contributed by atoms with Gasteiger partial charge in [-0.1, -0.05) is 0 Å². The quantitative estimate of drug-likeness (QED) is 0.644. The van der Waals surface area contributed by atoms with E-state index >= 15 is 0 Å². The first kappa shape index (κ1) is 19.5. The van der Waals surface area contributed by atoms with Gasteiger partial charge in [0.05, 0.1) is 23.8 Å². The minimum atomic E-state index is -0.418. The number of pyridine rings is 1. The van der Waals surface area contributed by atoms with E-state index in [9.17, 15) is 9.59 Å². The van der Waals surface area contributed by atoms with Gasteiger partial charge in [0, 0.05) is 38.8 Å². The van der Waals surface area contributed by atoms with Crippen molar-refractivity contribution in [1.29, 1.82) is 0 Å². The van der Waals surface area contributed by atoms with E-state index in [2.05, 4.69) is 30.7 Å². The Morgan fingerprint density at radius 1 is 1.17 bits per heavy atom. The third-order valence-electron chi connectivity index (χ3n) is 4.71. The molecule has 0 atom stereocenters. The van der Waals surface area contributed by atoms with Gasteiger partial charge in [-0.25, -0.2) is 15.0 Å². The number of aromatic nitrogens is 5. The van der Waals surface area contributed by atoms with E-state index in [-0.39, 0.29) is 17.4 Å². The summed E-state index contributed by atoms with van der Waals surface area (Å²) in [7, 11) is 4.97. The van der Waals surface area contributed by atoms with Crippen molar-refractivity contribution in [3.05, 3.63) is 54.0 Å². The first-order valence-electron chi connectivity index (χ1n) is 9.52. The maximum Gasteiger partial charge on any atom is 0.277 e. The van der Waals surface area contributed by atoms with Crippen molar-refractivity contribution in [2.24, 2.45) is 7.05 Å². The van der Waals surface area contributed by atoms with Crippen LogP contribution in [0.5, 0.6) is 0 Å². The van der Waals surface area contributed by atoms with Crippen LogP contribution in [0.25, 0.3) is 0 Å². The Labute approximate surface area is 173 Å². The predicted octanol–water partition coefficient (Wildman–Crippen LogP) is 2.18. The molecule has 1 fully saturated rings. The van der Waals surface area contributed by atoms with Gasteiger partial charge >= 0.3 is 0 Å². The van der Waals surface area contributed by atoms with Crippen molar-refractivity contribution in [2.75, 3.05) is 24.7 Å². The summed E-state index contributed by atoms with van der Waals surface area (Å²) in [5.41, 5.74) is 2.68. The highest BCUT2D eigenvalue weighted by Crippen LogP contribution is 2.39. The third-order valence-corrected chi connectivity index (χ3v) is 4.71. The van der Waals surface area contributed by atoms with Crippen LogP contribution >= 0.6 is 0 Å². The molecule has 0 aromatic carbocycles. The van der Waals surface area contributed by atoms with Crippen LogP contribution < -0.4 is 10.6 Å². The number of anilines is 3. The van der Waals surface area contributed by atoms with Crippen LogP contribution in [0.1, 0.15) is 45.4 Å². The molecule has 10 nitrogen and oxygen atoms in total. The van der Waals surface area contributed by atoms with E-state index in [0.29, 0.717) is 23.0 Å². The highest BCUT2D eigenvalue weighted by Gasteiger charge is 2.27. The second-order valence-electron chi connectivity index (χ2n) is 7.35. The first-order valence-corrected chi connectivity index (χ1v) is 9.52. The monoisotopic (exact) mass is 406 g/mol. The average molecular weight is 406 g/mol. The van der Waals surface area contributed by atoms with Crippen LogP contribution in [-0.4, -0.2) is 55.5 Å². The van der Waals surface area contributed by atoms with Gasteiger partial charge in [-0.3, -0.25) is 14.3 Å². The number of nitrogens with zero attached hydrogens (tertiary/aromatic N) is 6. The van der Waals surface area contributed by atoms with Crippen LogP contribution in [0.15, 0.2) is 36.9 Å². The molecular formula is C20H22N8O2. The normalized spacial score (nSPS) is 13.0. The van der Waals surface area contributed by atoms with Gasteiger partial charge in [0.25, 0.3) is 11.8 Å². The Kier molecular flexibility index (Phi) is 5.13. The van der Waals surface area contributed by atoms with E-state index < -0.39 is 5.91 Å². The SMILES string of the molecule is CN(C)C(=O)c1cc(NC(=O)c2nc(C3CC3)ccc2Nc2cncnc2)nn1C. The lowest BCUT2D eigenvalue weighted by Crippen LogP contribution is -2.24. The Morgan fingerprint density at radius 2 is 1.90 bits per heavy atom. The predicted molar refractivity (Wildman–Crippen MR) is 111 cm³/mol. The fraction of sp³-hybridized carbons (Fsp3) is 0.300. The van der Waals surface area contributed by atoms with Gasteiger partial charge in [0.1, 0.15) is 12.0 Å². The standard InChI is InChI=1S/C20H22N8O2/c1-27(2)20(30)16-8-17(26-28(16)3)25-19(29)18-15(23-13-9-21-11-22-10-13)7-6-14(24-18)12-4-5-12/h6-12,23H,4-5H2,1-3H3,(H,25,26,29). The topological polar surface area (TPSA) is 118 Å². The Balaban J connectivity index is 1.61. The summed E-state index contributed by atoms with van der Waals surface area (Å²) in [6.07, 6.45) is 6.80. The van der Waals surface area contributed by atoms with E-state index in [1.165, 1.54) is 15.9 Å². The molecule has 0 unspecified atom stereocenters. The number of amides is 2. The highest BCUT2D eigenvalue weighted by atomic mass is 16.2. The molecule has 0 spiro atoms. The zero-order valence-electron chi connectivity index (χ0n) is 17.0. The molecule has 1 aliphatic rings. The van der Waals surface area contributed by atoms with Crippen molar-refractivity contribution < 1.29 is 9.59 Å². The summed E-state index contributed by atoms with van der Waals surface area (Å²) in [5, 5.41) is 10.1. The number of aryl methyl sites for hydroxylation is 1. The molecule has 0 saturated heterocycles. The molecule has 0 aliphatic heterocycles. The van der Waals surface area contributed by atoms with Crippen LogP contribution in [0.4, 0.5) is 17.2 Å². The minimum absolute atomic E-state index is 0.203. The molecule has 154 valence electrons. The largest absolute Gasteiger partial charge is 0.351 e. The number of nitrogens with one attached hydrogen (secondary N) is 2. The number of hydrogen-bond donors (Lipinski definition) is 2. The Morgan fingerprint density at radius 3 is 2.57 bits per heavy atom. The fourth-order valence-electron chi connectivity index (χ4n) is 3.01. The molecule has 1 saturated carbocycles. The molecule has 30 heavy (non-hydrogen) atoms. The molecule has 3 heterocycles. The number of carbonyl (C=O) groups excluding carboxylic acids is 2. The second kappa shape index (κ2) is 7.90. The summed E-state index contributed by atoms with van der Waals surface area (Å²) in [4.78, 5) is 39.3. The molecule has 3 aromatic heterocycles. The average Bonchev–Trinajstić information content (AvgIpc) is 3.51. The summed E-state index contributed by atoms with van der Waals surface area (Å²) in [6, 6.07) is 5.31. The van der Waals surface area contributed by atoms with Gasteiger partial charge in [0.2, 0.25) is 0 Å². The van der Waals surface area contributed by atoms with Gasteiger partial charge in [-0.05, 0) is 25.0 Å². The number of carbonyl (C=O) groups is 2. The summed E-state index contributed by atoms with van der Waals surface area (Å²) < 4.78 is 1.44. The zero-order valence-corrected chi connectivity index (χ0v) is 17.0. The van der Waals surface area contributed by atoms with Crippen molar-refractivity contribution in [2.45, 2.75) is 18.8 Å². The zero-order chi connectivity index (χ0) is 21.3. The van der Waals surface area contributed by atoms with Crippen molar-refractivity contribution in [1.82, 2.24) is 29.6 Å². The molecule has 0 bridgehead atoms. The molecule has 1 aliphatic carbocycles. The number of hydrogen-bond acceptors (Lipinski definition) is 7. The molecule has 2 N–H and O–H groups in total. The highest BCUT2D eigenvalue weighted by molar-refractivity contribution is 6.07. The Hall–Kier alpha value is -3.82. The minimum Gasteiger partial charge on any atom is -0.351 e. The maximum absolute atomic E-state index is 13.1. The molecule has 2 amide bonds. The van der Waals surface area contributed by atoms with Crippen LogP contribution in [0.3, 0.4) is 0 Å². The van der Waals surface area contributed by atoms with Gasteiger partial charge < -0.3 is 15.5 Å².